The van der Waals surface area contributed by atoms with Crippen molar-refractivity contribution in [1.82, 2.24) is 0 Å². The molecule has 0 amide bonds. The highest BCUT2D eigenvalue weighted by Gasteiger charge is 2.06. The number of fused-ring (bicyclic) bond motifs is 1. The first kappa shape index (κ1) is 13.1. The molecule has 18 heavy (non-hydrogen) atoms. The lowest BCUT2D eigenvalue weighted by Gasteiger charge is -2.13. The summed E-state index contributed by atoms with van der Waals surface area (Å²) in [5, 5.41) is 2.60. The van der Waals surface area contributed by atoms with Gasteiger partial charge in [-0.2, -0.15) is 0 Å². The molecule has 0 heterocycles. The van der Waals surface area contributed by atoms with Crippen LogP contribution in [-0.4, -0.2) is 13.2 Å². The highest BCUT2D eigenvalue weighted by molar-refractivity contribution is 5.83. The molecule has 0 aromatic heterocycles. The summed E-state index contributed by atoms with van der Waals surface area (Å²) in [6, 6.07) is 15.1. The van der Waals surface area contributed by atoms with Gasteiger partial charge in [0, 0.05) is 12.5 Å². The van der Waals surface area contributed by atoms with Crippen LogP contribution in [-0.2, 0) is 4.74 Å². The molecular formula is C17H21O. The van der Waals surface area contributed by atoms with Gasteiger partial charge in [0.1, 0.15) is 0 Å². The summed E-state index contributed by atoms with van der Waals surface area (Å²) in [6.45, 7) is 7.64. The maximum Gasteiger partial charge on any atom is 0.0532 e. The molecule has 0 aliphatic heterocycles. The second-order valence-electron chi connectivity index (χ2n) is 4.79. The zero-order valence-electron chi connectivity index (χ0n) is 11.1. The van der Waals surface area contributed by atoms with Crippen molar-refractivity contribution >= 4 is 10.8 Å². The number of ether oxygens (including phenoxy) is 1. The van der Waals surface area contributed by atoms with E-state index in [4.69, 9.17) is 4.74 Å². The average Bonchev–Trinajstić information content (AvgIpc) is 2.43. The second kappa shape index (κ2) is 6.55. The zero-order valence-corrected chi connectivity index (χ0v) is 11.1. The van der Waals surface area contributed by atoms with Crippen molar-refractivity contribution in [3.63, 3.8) is 0 Å². The van der Waals surface area contributed by atoms with Gasteiger partial charge in [0.25, 0.3) is 0 Å². The quantitative estimate of drug-likeness (QED) is 0.673. The molecule has 2 aromatic rings. The minimum absolute atomic E-state index is 0.444. The molecule has 95 valence electrons. The third-order valence-electron chi connectivity index (χ3n) is 3.25. The van der Waals surface area contributed by atoms with E-state index in [0.29, 0.717) is 5.92 Å². The SMILES string of the molecule is [CH2]CCCOCC(C)c1ccc2ccccc2c1. The Hall–Kier alpha value is -1.34. The summed E-state index contributed by atoms with van der Waals surface area (Å²) in [4.78, 5) is 0. The van der Waals surface area contributed by atoms with Crippen molar-refractivity contribution < 1.29 is 4.74 Å². The normalized spacial score (nSPS) is 12.8. The smallest absolute Gasteiger partial charge is 0.0532 e. The van der Waals surface area contributed by atoms with Crippen LogP contribution >= 0.6 is 0 Å². The highest BCUT2D eigenvalue weighted by atomic mass is 16.5. The van der Waals surface area contributed by atoms with E-state index in [0.717, 1.165) is 26.1 Å². The van der Waals surface area contributed by atoms with Gasteiger partial charge >= 0.3 is 0 Å². The molecule has 2 aromatic carbocycles. The Morgan fingerprint density at radius 2 is 1.89 bits per heavy atom. The third-order valence-corrected chi connectivity index (χ3v) is 3.25. The van der Waals surface area contributed by atoms with Gasteiger partial charge in [-0.15, -0.1) is 0 Å². The van der Waals surface area contributed by atoms with E-state index in [2.05, 4.69) is 56.3 Å². The molecule has 1 unspecified atom stereocenters. The van der Waals surface area contributed by atoms with Crippen LogP contribution in [0.5, 0.6) is 0 Å². The van der Waals surface area contributed by atoms with Crippen LogP contribution in [0.15, 0.2) is 42.5 Å². The first-order valence-electron chi connectivity index (χ1n) is 6.67. The van der Waals surface area contributed by atoms with E-state index in [9.17, 15) is 0 Å². The van der Waals surface area contributed by atoms with Crippen molar-refractivity contribution in [2.24, 2.45) is 0 Å². The molecule has 0 saturated carbocycles. The molecule has 1 atom stereocenters. The average molecular weight is 241 g/mol. The van der Waals surface area contributed by atoms with Gasteiger partial charge in [-0.1, -0.05) is 62.7 Å². The first-order valence-corrected chi connectivity index (χ1v) is 6.67. The van der Waals surface area contributed by atoms with Crippen LogP contribution in [0.25, 0.3) is 10.8 Å². The van der Waals surface area contributed by atoms with Crippen LogP contribution in [0.1, 0.15) is 31.2 Å². The molecule has 0 saturated heterocycles. The Kier molecular flexibility index (Phi) is 4.77. The fourth-order valence-electron chi connectivity index (χ4n) is 2.07. The molecule has 2 rings (SSSR count). The molecule has 1 heteroatoms. The molecule has 0 fully saturated rings. The molecule has 1 radical (unpaired) electrons. The van der Waals surface area contributed by atoms with E-state index in [-0.39, 0.29) is 0 Å². The van der Waals surface area contributed by atoms with Crippen molar-refractivity contribution in [1.29, 1.82) is 0 Å². The zero-order chi connectivity index (χ0) is 12.8. The number of hydrogen-bond donors (Lipinski definition) is 0. The molecule has 0 bridgehead atoms. The Balaban J connectivity index is 2.01. The predicted octanol–water partition coefficient (Wildman–Crippen LogP) is 4.57. The summed E-state index contributed by atoms with van der Waals surface area (Å²) in [5.74, 6) is 0.444. The number of unbranched alkanes of at least 4 members (excludes halogenated alkanes) is 1. The molecule has 1 nitrogen and oxygen atoms in total. The summed E-state index contributed by atoms with van der Waals surface area (Å²) in [6.07, 6.45) is 1.99. The molecule has 0 N–H and O–H groups in total. The monoisotopic (exact) mass is 241 g/mol. The Morgan fingerprint density at radius 1 is 1.11 bits per heavy atom. The van der Waals surface area contributed by atoms with Gasteiger partial charge < -0.3 is 4.74 Å². The maximum absolute atomic E-state index is 5.66. The topological polar surface area (TPSA) is 9.23 Å². The standard InChI is InChI=1S/C17H21O/c1-3-4-11-18-13-14(2)16-10-9-15-7-5-6-8-17(15)12-16/h5-10,12,14H,1,3-4,11,13H2,2H3. The van der Waals surface area contributed by atoms with Crippen LogP contribution in [0.2, 0.25) is 0 Å². The summed E-state index contributed by atoms with van der Waals surface area (Å²) >= 11 is 0. The Morgan fingerprint density at radius 3 is 2.67 bits per heavy atom. The van der Waals surface area contributed by atoms with Gasteiger partial charge in [0.05, 0.1) is 6.61 Å². The largest absolute Gasteiger partial charge is 0.381 e. The summed E-state index contributed by atoms with van der Waals surface area (Å²) in [7, 11) is 0. The van der Waals surface area contributed by atoms with Crippen molar-refractivity contribution in [3.05, 3.63) is 55.0 Å². The van der Waals surface area contributed by atoms with E-state index in [1.54, 1.807) is 0 Å². The lowest BCUT2D eigenvalue weighted by molar-refractivity contribution is 0.122. The minimum Gasteiger partial charge on any atom is -0.381 e. The van der Waals surface area contributed by atoms with E-state index in [1.807, 2.05) is 0 Å². The highest BCUT2D eigenvalue weighted by Crippen LogP contribution is 2.21. The van der Waals surface area contributed by atoms with Crippen molar-refractivity contribution in [3.8, 4) is 0 Å². The van der Waals surface area contributed by atoms with Crippen molar-refractivity contribution in [2.75, 3.05) is 13.2 Å². The molecule has 0 aliphatic rings. The van der Waals surface area contributed by atoms with E-state index >= 15 is 0 Å². The van der Waals surface area contributed by atoms with Crippen molar-refractivity contribution in [2.45, 2.75) is 25.7 Å². The number of benzene rings is 2. The molecule has 0 spiro atoms. The van der Waals surface area contributed by atoms with E-state index < -0.39 is 0 Å². The van der Waals surface area contributed by atoms with Gasteiger partial charge in [0.2, 0.25) is 0 Å². The van der Waals surface area contributed by atoms with E-state index in [1.165, 1.54) is 16.3 Å². The first-order chi connectivity index (χ1) is 8.81. The van der Waals surface area contributed by atoms with Crippen LogP contribution in [0.4, 0.5) is 0 Å². The third kappa shape index (κ3) is 3.33. The van der Waals surface area contributed by atoms with Gasteiger partial charge in [-0.3, -0.25) is 0 Å². The fraction of sp³-hybridized carbons (Fsp3) is 0.353. The second-order valence-corrected chi connectivity index (χ2v) is 4.79. The van der Waals surface area contributed by atoms with Crippen LogP contribution in [0.3, 0.4) is 0 Å². The van der Waals surface area contributed by atoms with Gasteiger partial charge in [-0.05, 0) is 22.8 Å². The fourth-order valence-corrected chi connectivity index (χ4v) is 2.07. The maximum atomic E-state index is 5.66. The Bertz CT molecular complexity index is 490. The van der Waals surface area contributed by atoms with Crippen LogP contribution in [0, 0.1) is 6.92 Å². The number of hydrogen-bond acceptors (Lipinski definition) is 1. The minimum atomic E-state index is 0.444. The van der Waals surface area contributed by atoms with Gasteiger partial charge in [-0.25, -0.2) is 0 Å². The number of rotatable bonds is 6. The lowest BCUT2D eigenvalue weighted by atomic mass is 9.98. The molecule has 0 aliphatic carbocycles. The summed E-state index contributed by atoms with van der Waals surface area (Å²) in [5.41, 5.74) is 1.35. The van der Waals surface area contributed by atoms with Crippen LogP contribution < -0.4 is 0 Å². The molecular weight excluding hydrogens is 220 g/mol. The Labute approximate surface area is 110 Å². The summed E-state index contributed by atoms with van der Waals surface area (Å²) < 4.78 is 5.66. The van der Waals surface area contributed by atoms with Gasteiger partial charge in [0.15, 0.2) is 0 Å². The lowest BCUT2D eigenvalue weighted by Crippen LogP contribution is -2.05. The predicted molar refractivity (Wildman–Crippen MR) is 77.8 cm³/mol.